The lowest BCUT2D eigenvalue weighted by atomic mass is 9.94. The summed E-state index contributed by atoms with van der Waals surface area (Å²) in [6, 6.07) is 13.9. The molecular formula is C29H39N5O4. The number of nitrogens with zero attached hydrogens (tertiary/aromatic N) is 2. The Morgan fingerprint density at radius 1 is 1.13 bits per heavy atom. The number of benzene rings is 2. The molecule has 38 heavy (non-hydrogen) atoms. The standard InChI is InChI=1S/C29H39N5O4/c1-19(2)17-37-13-11-21-4-7-24(8-5-21)38-18-23(35)16-30-12-10-27-31-25-9-6-22(15-26(25)32-27)29-20(3)14-28(36)33-34-29/h4-9,15,19-20,23,30,35H,10-14,16-18H2,1-3H3,(H,31,32)(H,33,36). The molecule has 1 amide bonds. The molecule has 1 aromatic heterocycles. The van der Waals surface area contributed by atoms with Gasteiger partial charge in [-0.05, 0) is 42.2 Å². The van der Waals surface area contributed by atoms with Crippen LogP contribution in [0, 0.1) is 11.8 Å². The molecule has 0 saturated heterocycles. The molecule has 1 aliphatic heterocycles. The summed E-state index contributed by atoms with van der Waals surface area (Å²) in [5.74, 6) is 2.18. The number of amides is 1. The first-order valence-electron chi connectivity index (χ1n) is 13.4. The van der Waals surface area contributed by atoms with E-state index in [0.29, 0.717) is 38.5 Å². The van der Waals surface area contributed by atoms with Crippen molar-refractivity contribution in [3.8, 4) is 5.75 Å². The highest BCUT2D eigenvalue weighted by molar-refractivity contribution is 6.07. The highest BCUT2D eigenvalue weighted by atomic mass is 16.5. The molecule has 0 saturated carbocycles. The van der Waals surface area contributed by atoms with Gasteiger partial charge in [0.2, 0.25) is 5.91 Å². The number of hydrogen-bond donors (Lipinski definition) is 4. The second-order valence-electron chi connectivity index (χ2n) is 10.3. The molecule has 2 aromatic carbocycles. The third-order valence-corrected chi connectivity index (χ3v) is 6.36. The third-order valence-electron chi connectivity index (χ3n) is 6.36. The van der Waals surface area contributed by atoms with Crippen LogP contribution in [0.15, 0.2) is 47.6 Å². The minimum Gasteiger partial charge on any atom is -0.491 e. The average Bonchev–Trinajstić information content (AvgIpc) is 3.30. The molecule has 0 aliphatic carbocycles. The van der Waals surface area contributed by atoms with E-state index < -0.39 is 6.10 Å². The van der Waals surface area contributed by atoms with Gasteiger partial charge in [-0.2, -0.15) is 5.10 Å². The molecule has 4 rings (SSSR count). The molecule has 4 N–H and O–H groups in total. The predicted octanol–water partition coefficient (Wildman–Crippen LogP) is 3.21. The quantitative estimate of drug-likeness (QED) is 0.242. The topological polar surface area (TPSA) is 121 Å². The van der Waals surface area contributed by atoms with Crippen molar-refractivity contribution in [3.63, 3.8) is 0 Å². The van der Waals surface area contributed by atoms with E-state index in [-0.39, 0.29) is 18.4 Å². The van der Waals surface area contributed by atoms with Crippen molar-refractivity contribution in [3.05, 3.63) is 59.4 Å². The Kier molecular flexibility index (Phi) is 9.86. The molecule has 2 heterocycles. The van der Waals surface area contributed by atoms with Gasteiger partial charge in [0.1, 0.15) is 24.3 Å². The molecule has 2 atom stereocenters. The van der Waals surface area contributed by atoms with Crippen molar-refractivity contribution in [2.75, 3.05) is 32.9 Å². The molecule has 3 aromatic rings. The van der Waals surface area contributed by atoms with Gasteiger partial charge in [0, 0.05) is 44.0 Å². The number of fused-ring (bicyclic) bond motifs is 1. The maximum atomic E-state index is 11.5. The fraction of sp³-hybridized carbons (Fsp3) is 0.483. The first-order chi connectivity index (χ1) is 18.4. The van der Waals surface area contributed by atoms with E-state index in [0.717, 1.165) is 46.9 Å². The van der Waals surface area contributed by atoms with Crippen LogP contribution in [0.25, 0.3) is 11.0 Å². The second kappa shape index (κ2) is 13.5. The molecule has 0 fully saturated rings. The van der Waals surface area contributed by atoms with Crippen LogP contribution in [-0.2, 0) is 22.4 Å². The smallest absolute Gasteiger partial charge is 0.240 e. The molecule has 0 radical (unpaired) electrons. The summed E-state index contributed by atoms with van der Waals surface area (Å²) in [7, 11) is 0. The maximum absolute atomic E-state index is 11.5. The number of carbonyl (C=O) groups is 1. The number of aromatic amines is 1. The van der Waals surface area contributed by atoms with E-state index in [1.165, 1.54) is 5.56 Å². The van der Waals surface area contributed by atoms with Crippen LogP contribution in [0.4, 0.5) is 0 Å². The summed E-state index contributed by atoms with van der Waals surface area (Å²) in [4.78, 5) is 19.6. The predicted molar refractivity (Wildman–Crippen MR) is 148 cm³/mol. The van der Waals surface area contributed by atoms with Gasteiger partial charge in [0.05, 0.1) is 23.4 Å². The van der Waals surface area contributed by atoms with Gasteiger partial charge >= 0.3 is 0 Å². The Labute approximate surface area is 224 Å². The van der Waals surface area contributed by atoms with Gasteiger partial charge in [-0.15, -0.1) is 0 Å². The van der Waals surface area contributed by atoms with Crippen LogP contribution in [0.1, 0.15) is 44.1 Å². The first-order valence-corrected chi connectivity index (χ1v) is 13.4. The lowest BCUT2D eigenvalue weighted by Crippen LogP contribution is -2.32. The van der Waals surface area contributed by atoms with E-state index in [1.54, 1.807) is 0 Å². The Morgan fingerprint density at radius 2 is 1.95 bits per heavy atom. The molecule has 9 heteroatoms. The molecule has 1 aliphatic rings. The first kappa shape index (κ1) is 27.8. The van der Waals surface area contributed by atoms with Gasteiger partial charge in [-0.1, -0.05) is 39.0 Å². The zero-order chi connectivity index (χ0) is 26.9. The molecule has 0 spiro atoms. The van der Waals surface area contributed by atoms with Crippen LogP contribution in [0.3, 0.4) is 0 Å². The highest BCUT2D eigenvalue weighted by Crippen LogP contribution is 2.20. The van der Waals surface area contributed by atoms with Gasteiger partial charge in [0.15, 0.2) is 0 Å². The number of nitrogens with one attached hydrogen (secondary N) is 3. The SMILES string of the molecule is CC(C)COCCc1ccc(OCC(O)CNCCc2nc3cc(C4=NNC(=O)CC4C)ccc3[nH]2)cc1. The zero-order valence-corrected chi connectivity index (χ0v) is 22.5. The summed E-state index contributed by atoms with van der Waals surface area (Å²) in [5, 5.41) is 17.8. The molecule has 9 nitrogen and oxygen atoms in total. The van der Waals surface area contributed by atoms with Crippen LogP contribution >= 0.6 is 0 Å². The third kappa shape index (κ3) is 8.11. The number of aliphatic hydroxyl groups is 1. The van der Waals surface area contributed by atoms with Crippen LogP contribution in [0.2, 0.25) is 0 Å². The van der Waals surface area contributed by atoms with Gasteiger partial charge in [0.25, 0.3) is 0 Å². The zero-order valence-electron chi connectivity index (χ0n) is 22.5. The normalized spacial score (nSPS) is 16.5. The lowest BCUT2D eigenvalue weighted by molar-refractivity contribution is -0.121. The fourth-order valence-corrected chi connectivity index (χ4v) is 4.33. The number of hydrazone groups is 1. The average molecular weight is 522 g/mol. The van der Waals surface area contributed by atoms with Crippen LogP contribution in [0.5, 0.6) is 5.75 Å². The van der Waals surface area contributed by atoms with E-state index >= 15 is 0 Å². The number of ether oxygens (including phenoxy) is 2. The van der Waals surface area contributed by atoms with Crippen molar-refractivity contribution < 1.29 is 19.4 Å². The number of aliphatic hydroxyl groups excluding tert-OH is 1. The minimum absolute atomic E-state index is 0.0543. The monoisotopic (exact) mass is 521 g/mol. The molecule has 2 unspecified atom stereocenters. The fourth-order valence-electron chi connectivity index (χ4n) is 4.33. The van der Waals surface area contributed by atoms with Crippen molar-refractivity contribution in [1.82, 2.24) is 20.7 Å². The van der Waals surface area contributed by atoms with Crippen LogP contribution in [-0.4, -0.2) is 65.7 Å². The minimum atomic E-state index is -0.615. The highest BCUT2D eigenvalue weighted by Gasteiger charge is 2.22. The van der Waals surface area contributed by atoms with Crippen molar-refractivity contribution >= 4 is 22.7 Å². The largest absolute Gasteiger partial charge is 0.491 e. The van der Waals surface area contributed by atoms with Gasteiger partial charge < -0.3 is 24.9 Å². The van der Waals surface area contributed by atoms with Crippen LogP contribution < -0.4 is 15.5 Å². The summed E-state index contributed by atoms with van der Waals surface area (Å²) in [5.41, 5.74) is 7.44. The number of imidazole rings is 1. The number of aromatic nitrogens is 2. The number of H-pyrrole nitrogens is 1. The number of hydrogen-bond acceptors (Lipinski definition) is 7. The summed E-state index contributed by atoms with van der Waals surface area (Å²) in [6.45, 7) is 9.12. The van der Waals surface area contributed by atoms with Crippen molar-refractivity contribution in [2.24, 2.45) is 16.9 Å². The lowest BCUT2D eigenvalue weighted by Gasteiger charge is -2.18. The van der Waals surface area contributed by atoms with Crippen molar-refractivity contribution in [2.45, 2.75) is 46.1 Å². The number of rotatable bonds is 14. The van der Waals surface area contributed by atoms with E-state index in [9.17, 15) is 9.90 Å². The van der Waals surface area contributed by atoms with Crippen molar-refractivity contribution in [1.29, 1.82) is 0 Å². The molecule has 0 bridgehead atoms. The van der Waals surface area contributed by atoms with E-state index in [2.05, 4.69) is 34.7 Å². The Hall–Kier alpha value is -3.27. The Bertz CT molecular complexity index is 1220. The van der Waals surface area contributed by atoms with E-state index in [4.69, 9.17) is 14.5 Å². The molecular weight excluding hydrogens is 482 g/mol. The maximum Gasteiger partial charge on any atom is 0.240 e. The second-order valence-corrected chi connectivity index (χ2v) is 10.3. The Morgan fingerprint density at radius 3 is 2.71 bits per heavy atom. The summed E-state index contributed by atoms with van der Waals surface area (Å²) < 4.78 is 11.4. The van der Waals surface area contributed by atoms with E-state index in [1.807, 2.05) is 49.4 Å². The summed E-state index contributed by atoms with van der Waals surface area (Å²) >= 11 is 0. The number of carbonyl (C=O) groups excluding carboxylic acids is 1. The summed E-state index contributed by atoms with van der Waals surface area (Å²) in [6.07, 6.45) is 1.40. The molecule has 204 valence electrons. The van der Waals surface area contributed by atoms with Gasteiger partial charge in [-0.25, -0.2) is 10.4 Å². The van der Waals surface area contributed by atoms with Gasteiger partial charge in [-0.3, -0.25) is 4.79 Å². The Balaban J connectivity index is 1.16.